The summed E-state index contributed by atoms with van der Waals surface area (Å²) in [4.78, 5) is 12.1. The molecule has 0 amide bonds. The summed E-state index contributed by atoms with van der Waals surface area (Å²) in [6.45, 7) is 5.65. The van der Waals surface area contributed by atoms with E-state index in [1.54, 1.807) is 31.3 Å². The van der Waals surface area contributed by atoms with Crippen LogP contribution in [0.4, 0.5) is 0 Å². The number of nitrogens with two attached hydrogens (primary N) is 2. The molecular formula is C13H20N4O. The fourth-order valence-corrected chi connectivity index (χ4v) is 1.48. The molecule has 0 aromatic heterocycles. The largest absolute Gasteiger partial charge is 0.382 e. The minimum atomic E-state index is -0.421. The molecule has 0 heterocycles. The molecule has 0 radical (unpaired) electrons. The number of carbonyl (C=O) groups is 1. The van der Waals surface area contributed by atoms with E-state index in [0.717, 1.165) is 5.12 Å². The van der Waals surface area contributed by atoms with Crippen molar-refractivity contribution in [1.82, 2.24) is 5.12 Å². The second-order valence-corrected chi connectivity index (χ2v) is 5.22. The Kier molecular flexibility index (Phi) is 4.08. The van der Waals surface area contributed by atoms with Gasteiger partial charge in [0.2, 0.25) is 0 Å². The van der Waals surface area contributed by atoms with Crippen molar-refractivity contribution in [3.63, 3.8) is 0 Å². The second-order valence-electron chi connectivity index (χ2n) is 5.22. The zero-order chi connectivity index (χ0) is 13.9. The standard InChI is InChI=1S/C13H20N4O/c1-13(2,3)11(18)9-6-5-7-10(8-9)12(14)16-17(4)15/h5-8H,15H2,1-4H3,(H2,14,16). The summed E-state index contributed by atoms with van der Waals surface area (Å²) in [5.41, 5.74) is 6.68. The van der Waals surface area contributed by atoms with Crippen LogP contribution in [0, 0.1) is 5.41 Å². The van der Waals surface area contributed by atoms with E-state index < -0.39 is 5.41 Å². The lowest BCUT2D eigenvalue weighted by atomic mass is 9.86. The van der Waals surface area contributed by atoms with Crippen molar-refractivity contribution in [2.45, 2.75) is 20.8 Å². The van der Waals surface area contributed by atoms with E-state index >= 15 is 0 Å². The van der Waals surface area contributed by atoms with Crippen LogP contribution in [-0.2, 0) is 0 Å². The maximum Gasteiger partial charge on any atom is 0.168 e. The maximum atomic E-state index is 12.1. The van der Waals surface area contributed by atoms with Crippen LogP contribution < -0.4 is 11.6 Å². The molecule has 0 spiro atoms. The van der Waals surface area contributed by atoms with E-state index in [1.807, 2.05) is 20.8 Å². The van der Waals surface area contributed by atoms with Crippen LogP contribution in [0.2, 0.25) is 0 Å². The molecule has 0 unspecified atom stereocenters. The number of carbonyl (C=O) groups excluding carboxylic acids is 1. The molecule has 98 valence electrons. The van der Waals surface area contributed by atoms with Crippen LogP contribution in [0.25, 0.3) is 0 Å². The van der Waals surface area contributed by atoms with Crippen molar-refractivity contribution in [3.05, 3.63) is 35.4 Å². The van der Waals surface area contributed by atoms with Gasteiger partial charge in [0, 0.05) is 23.6 Å². The number of benzene rings is 1. The van der Waals surface area contributed by atoms with Crippen molar-refractivity contribution in [2.75, 3.05) is 7.05 Å². The van der Waals surface area contributed by atoms with Gasteiger partial charge in [-0.1, -0.05) is 39.0 Å². The first kappa shape index (κ1) is 14.2. The van der Waals surface area contributed by atoms with Crippen LogP contribution in [0.15, 0.2) is 29.4 Å². The molecule has 0 aliphatic carbocycles. The molecule has 0 saturated heterocycles. The number of ketones is 1. The molecule has 1 aromatic rings. The van der Waals surface area contributed by atoms with E-state index in [9.17, 15) is 4.79 Å². The van der Waals surface area contributed by atoms with Crippen molar-refractivity contribution >= 4 is 11.6 Å². The van der Waals surface area contributed by atoms with Gasteiger partial charge >= 0.3 is 0 Å². The Morgan fingerprint density at radius 1 is 1.28 bits per heavy atom. The van der Waals surface area contributed by atoms with Crippen LogP contribution in [0.5, 0.6) is 0 Å². The SMILES string of the molecule is CN(N)N=C(N)c1cccc(C(=O)C(C)(C)C)c1. The highest BCUT2D eigenvalue weighted by Gasteiger charge is 2.23. The van der Waals surface area contributed by atoms with E-state index in [4.69, 9.17) is 11.6 Å². The normalized spacial score (nSPS) is 12.4. The minimum absolute atomic E-state index is 0.0678. The molecular weight excluding hydrogens is 228 g/mol. The van der Waals surface area contributed by atoms with E-state index in [1.165, 1.54) is 0 Å². The molecule has 4 N–H and O–H groups in total. The Hall–Kier alpha value is -1.88. The van der Waals surface area contributed by atoms with Crippen LogP contribution >= 0.6 is 0 Å². The highest BCUT2D eigenvalue weighted by Crippen LogP contribution is 2.21. The monoisotopic (exact) mass is 248 g/mol. The average Bonchev–Trinajstić information content (AvgIpc) is 2.26. The van der Waals surface area contributed by atoms with Crippen molar-refractivity contribution < 1.29 is 4.79 Å². The van der Waals surface area contributed by atoms with Gasteiger partial charge in [-0.15, -0.1) is 5.10 Å². The number of hydrogen-bond acceptors (Lipinski definition) is 4. The zero-order valence-electron chi connectivity index (χ0n) is 11.3. The first-order chi connectivity index (χ1) is 8.21. The van der Waals surface area contributed by atoms with E-state index in [-0.39, 0.29) is 11.6 Å². The fourth-order valence-electron chi connectivity index (χ4n) is 1.48. The number of nitrogens with zero attached hydrogens (tertiary/aromatic N) is 2. The Labute approximate surface area is 107 Å². The summed E-state index contributed by atoms with van der Waals surface area (Å²) in [5, 5.41) is 5.04. The van der Waals surface area contributed by atoms with Crippen molar-refractivity contribution in [1.29, 1.82) is 0 Å². The topological polar surface area (TPSA) is 84.7 Å². The molecule has 1 rings (SSSR count). The third-order valence-electron chi connectivity index (χ3n) is 2.37. The third-order valence-corrected chi connectivity index (χ3v) is 2.37. The van der Waals surface area contributed by atoms with Crippen molar-refractivity contribution in [2.24, 2.45) is 22.1 Å². The molecule has 1 aromatic carbocycles. The molecule has 0 aliphatic rings. The lowest BCUT2D eigenvalue weighted by Crippen LogP contribution is -2.26. The Balaban J connectivity index is 3.11. The summed E-state index contributed by atoms with van der Waals surface area (Å²) in [6, 6.07) is 7.08. The predicted octanol–water partition coefficient (Wildman–Crippen LogP) is 1.34. The highest BCUT2D eigenvalue weighted by atomic mass is 16.1. The van der Waals surface area contributed by atoms with Gasteiger partial charge in [-0.3, -0.25) is 4.79 Å². The van der Waals surface area contributed by atoms with Gasteiger partial charge in [0.25, 0.3) is 0 Å². The Bertz CT molecular complexity index is 472. The number of hydrazone groups is 1. The fraction of sp³-hybridized carbons (Fsp3) is 0.385. The van der Waals surface area contributed by atoms with Gasteiger partial charge in [0.05, 0.1) is 0 Å². The van der Waals surface area contributed by atoms with Gasteiger partial charge in [0.1, 0.15) is 0 Å². The lowest BCUT2D eigenvalue weighted by Gasteiger charge is -2.17. The molecule has 0 saturated carbocycles. The average molecular weight is 248 g/mol. The molecule has 0 aliphatic heterocycles. The van der Waals surface area contributed by atoms with E-state index in [2.05, 4.69) is 5.10 Å². The van der Waals surface area contributed by atoms with E-state index in [0.29, 0.717) is 11.1 Å². The number of rotatable bonds is 3. The molecule has 18 heavy (non-hydrogen) atoms. The second kappa shape index (κ2) is 5.18. The number of hydrazine groups is 1. The third kappa shape index (κ3) is 3.56. The number of Topliss-reactive ketones (excluding diaryl/α,β-unsaturated/α-hetero) is 1. The first-order valence-electron chi connectivity index (χ1n) is 5.69. The number of hydrogen-bond donors (Lipinski definition) is 2. The van der Waals surface area contributed by atoms with Crippen LogP contribution in [-0.4, -0.2) is 23.8 Å². The molecule has 0 fully saturated rings. The maximum absolute atomic E-state index is 12.1. The highest BCUT2D eigenvalue weighted by molar-refractivity contribution is 6.03. The number of amidine groups is 1. The zero-order valence-corrected chi connectivity index (χ0v) is 11.3. The summed E-state index contributed by atoms with van der Waals surface area (Å²) in [7, 11) is 1.58. The first-order valence-corrected chi connectivity index (χ1v) is 5.69. The van der Waals surface area contributed by atoms with Crippen LogP contribution in [0.3, 0.4) is 0 Å². The van der Waals surface area contributed by atoms with Crippen LogP contribution in [0.1, 0.15) is 36.7 Å². The van der Waals surface area contributed by atoms with Gasteiger partial charge < -0.3 is 5.73 Å². The summed E-state index contributed by atoms with van der Waals surface area (Å²) >= 11 is 0. The Morgan fingerprint density at radius 3 is 2.33 bits per heavy atom. The van der Waals surface area contributed by atoms with Gasteiger partial charge in [0.15, 0.2) is 11.6 Å². The van der Waals surface area contributed by atoms with Gasteiger partial charge in [-0.05, 0) is 6.07 Å². The molecule has 0 atom stereocenters. The smallest absolute Gasteiger partial charge is 0.168 e. The minimum Gasteiger partial charge on any atom is -0.382 e. The van der Waals surface area contributed by atoms with Gasteiger partial charge in [-0.2, -0.15) is 0 Å². The predicted molar refractivity (Wildman–Crippen MR) is 72.9 cm³/mol. The molecule has 0 bridgehead atoms. The quantitative estimate of drug-likeness (QED) is 0.278. The lowest BCUT2D eigenvalue weighted by molar-refractivity contribution is 0.0858. The van der Waals surface area contributed by atoms with Crippen molar-refractivity contribution in [3.8, 4) is 0 Å². The summed E-state index contributed by atoms with van der Waals surface area (Å²) in [5.74, 6) is 5.75. The molecule has 5 heteroatoms. The summed E-state index contributed by atoms with van der Waals surface area (Å²) in [6.07, 6.45) is 0. The summed E-state index contributed by atoms with van der Waals surface area (Å²) < 4.78 is 0. The Morgan fingerprint density at radius 2 is 1.83 bits per heavy atom. The molecule has 5 nitrogen and oxygen atoms in total. The van der Waals surface area contributed by atoms with Gasteiger partial charge in [-0.25, -0.2) is 11.0 Å².